The van der Waals surface area contributed by atoms with Crippen LogP contribution in [0.4, 0.5) is 10.2 Å². The van der Waals surface area contributed by atoms with E-state index in [1.807, 2.05) is 36.9 Å². The van der Waals surface area contributed by atoms with Crippen molar-refractivity contribution in [3.63, 3.8) is 0 Å². The smallest absolute Gasteiger partial charge is 0.258 e. The molecule has 1 aromatic heterocycles. The van der Waals surface area contributed by atoms with Crippen LogP contribution in [0, 0.1) is 5.82 Å². The first-order chi connectivity index (χ1) is 13.4. The molecule has 1 aromatic carbocycles. The summed E-state index contributed by atoms with van der Waals surface area (Å²) in [6, 6.07) is 8.64. The van der Waals surface area contributed by atoms with Gasteiger partial charge in [0.15, 0.2) is 29.7 Å². The van der Waals surface area contributed by atoms with Crippen LogP contribution in [-0.4, -0.2) is 42.2 Å². The Bertz CT molecular complexity index is 887. The summed E-state index contributed by atoms with van der Waals surface area (Å²) in [5.41, 5.74) is 0.824. The van der Waals surface area contributed by atoms with Gasteiger partial charge < -0.3 is 19.7 Å². The molecule has 2 aliphatic heterocycles. The van der Waals surface area contributed by atoms with Gasteiger partial charge in [0.2, 0.25) is 0 Å². The Kier molecular flexibility index (Phi) is 4.83. The SMILES string of the molecule is CC1(C)Cc2cccc(OCC(=O)NC3CCN(c4ncccc4F)C3)c2O1. The van der Waals surface area contributed by atoms with Crippen molar-refractivity contribution in [1.29, 1.82) is 0 Å². The third-order valence-electron chi connectivity index (χ3n) is 5.01. The second-order valence-electron chi connectivity index (χ2n) is 7.88. The van der Waals surface area contributed by atoms with Crippen LogP contribution in [0.5, 0.6) is 11.5 Å². The third-order valence-corrected chi connectivity index (χ3v) is 5.01. The monoisotopic (exact) mass is 385 g/mol. The van der Waals surface area contributed by atoms with E-state index in [0.717, 1.165) is 24.2 Å². The summed E-state index contributed by atoms with van der Waals surface area (Å²) in [5, 5.41) is 2.96. The van der Waals surface area contributed by atoms with Crippen LogP contribution in [0.15, 0.2) is 36.5 Å². The highest BCUT2D eigenvalue weighted by atomic mass is 19.1. The van der Waals surface area contributed by atoms with Crippen LogP contribution in [-0.2, 0) is 11.2 Å². The zero-order valence-corrected chi connectivity index (χ0v) is 16.1. The second kappa shape index (κ2) is 7.30. The number of amides is 1. The molecule has 0 spiro atoms. The van der Waals surface area contributed by atoms with E-state index < -0.39 is 0 Å². The summed E-state index contributed by atoms with van der Waals surface area (Å²) >= 11 is 0. The number of carbonyl (C=O) groups is 1. The van der Waals surface area contributed by atoms with Crippen molar-refractivity contribution in [2.75, 3.05) is 24.6 Å². The van der Waals surface area contributed by atoms with Gasteiger partial charge in [0.05, 0.1) is 0 Å². The highest BCUT2D eigenvalue weighted by molar-refractivity contribution is 5.78. The minimum Gasteiger partial charge on any atom is -0.483 e. The van der Waals surface area contributed by atoms with Gasteiger partial charge in [0.1, 0.15) is 5.60 Å². The molecule has 2 aliphatic rings. The van der Waals surface area contributed by atoms with Crippen LogP contribution in [0.25, 0.3) is 0 Å². The van der Waals surface area contributed by atoms with Gasteiger partial charge in [-0.25, -0.2) is 9.37 Å². The van der Waals surface area contributed by atoms with Gasteiger partial charge in [-0.1, -0.05) is 12.1 Å². The fraction of sp³-hybridized carbons (Fsp3) is 0.429. The number of nitrogens with one attached hydrogen (secondary N) is 1. The topological polar surface area (TPSA) is 63.7 Å². The molecular formula is C21H24FN3O3. The van der Waals surface area contributed by atoms with Gasteiger partial charge in [-0.15, -0.1) is 0 Å². The van der Waals surface area contributed by atoms with Crippen molar-refractivity contribution in [2.24, 2.45) is 0 Å². The zero-order chi connectivity index (χ0) is 19.7. The first-order valence-electron chi connectivity index (χ1n) is 9.50. The molecular weight excluding hydrogens is 361 g/mol. The largest absolute Gasteiger partial charge is 0.483 e. The lowest BCUT2D eigenvalue weighted by Gasteiger charge is -2.19. The van der Waals surface area contributed by atoms with Gasteiger partial charge in [-0.3, -0.25) is 4.79 Å². The van der Waals surface area contributed by atoms with Gasteiger partial charge in [-0.2, -0.15) is 0 Å². The molecule has 3 heterocycles. The lowest BCUT2D eigenvalue weighted by molar-refractivity contribution is -0.123. The second-order valence-corrected chi connectivity index (χ2v) is 7.88. The Morgan fingerprint density at radius 2 is 2.25 bits per heavy atom. The molecule has 1 N–H and O–H groups in total. The summed E-state index contributed by atoms with van der Waals surface area (Å²) < 4.78 is 25.6. The molecule has 4 rings (SSSR count). The molecule has 1 amide bonds. The van der Waals surface area contributed by atoms with Gasteiger partial charge >= 0.3 is 0 Å². The maximum absolute atomic E-state index is 13.9. The van der Waals surface area contributed by atoms with Gasteiger partial charge in [0, 0.05) is 37.3 Å². The number of hydrogen-bond acceptors (Lipinski definition) is 5. The fourth-order valence-corrected chi connectivity index (χ4v) is 3.79. The van der Waals surface area contributed by atoms with E-state index in [-0.39, 0.29) is 30.0 Å². The number of pyridine rings is 1. The van der Waals surface area contributed by atoms with E-state index in [4.69, 9.17) is 9.47 Å². The summed E-state index contributed by atoms with van der Waals surface area (Å²) in [5.74, 6) is 1.08. The van der Waals surface area contributed by atoms with Crippen LogP contribution >= 0.6 is 0 Å². The maximum atomic E-state index is 13.9. The third kappa shape index (κ3) is 3.88. The predicted molar refractivity (Wildman–Crippen MR) is 103 cm³/mol. The van der Waals surface area contributed by atoms with E-state index in [1.165, 1.54) is 6.07 Å². The molecule has 1 saturated heterocycles. The molecule has 6 nitrogen and oxygen atoms in total. The summed E-state index contributed by atoms with van der Waals surface area (Å²) in [6.07, 6.45) is 3.12. The molecule has 2 aromatic rings. The number of benzene rings is 1. The first-order valence-corrected chi connectivity index (χ1v) is 9.50. The van der Waals surface area contributed by atoms with E-state index in [9.17, 15) is 9.18 Å². The molecule has 0 aliphatic carbocycles. The Hall–Kier alpha value is -2.83. The van der Waals surface area contributed by atoms with Crippen LogP contribution in [0.3, 0.4) is 0 Å². The van der Waals surface area contributed by atoms with Crippen molar-refractivity contribution in [3.8, 4) is 11.5 Å². The Labute approximate surface area is 163 Å². The number of fused-ring (bicyclic) bond motifs is 1. The highest BCUT2D eigenvalue weighted by Gasteiger charge is 2.32. The molecule has 28 heavy (non-hydrogen) atoms. The Morgan fingerprint density at radius 1 is 1.39 bits per heavy atom. The number of para-hydroxylation sites is 1. The minimum atomic E-state index is -0.348. The summed E-state index contributed by atoms with van der Waals surface area (Å²) in [7, 11) is 0. The molecule has 7 heteroatoms. The number of hydrogen-bond donors (Lipinski definition) is 1. The highest BCUT2D eigenvalue weighted by Crippen LogP contribution is 2.41. The quantitative estimate of drug-likeness (QED) is 0.857. The number of aromatic nitrogens is 1. The molecule has 0 saturated carbocycles. The van der Waals surface area contributed by atoms with Crippen molar-refractivity contribution in [2.45, 2.75) is 38.3 Å². The van der Waals surface area contributed by atoms with E-state index in [2.05, 4.69) is 10.3 Å². The van der Waals surface area contributed by atoms with Crippen LogP contribution in [0.2, 0.25) is 0 Å². The Balaban J connectivity index is 1.31. The lowest BCUT2D eigenvalue weighted by atomic mass is 10.0. The summed E-state index contributed by atoms with van der Waals surface area (Å²) in [6.45, 7) is 5.14. The zero-order valence-electron chi connectivity index (χ0n) is 16.1. The fourth-order valence-electron chi connectivity index (χ4n) is 3.79. The number of nitrogens with zero attached hydrogens (tertiary/aromatic N) is 2. The molecule has 148 valence electrons. The molecule has 1 unspecified atom stereocenters. The number of halogens is 1. The normalized spacial score (nSPS) is 19.8. The lowest BCUT2D eigenvalue weighted by Crippen LogP contribution is -2.39. The molecule has 0 bridgehead atoms. The first kappa shape index (κ1) is 18.5. The van der Waals surface area contributed by atoms with E-state index in [1.54, 1.807) is 12.3 Å². The van der Waals surface area contributed by atoms with E-state index >= 15 is 0 Å². The average molecular weight is 385 g/mol. The Morgan fingerprint density at radius 3 is 3.07 bits per heavy atom. The van der Waals surface area contributed by atoms with E-state index in [0.29, 0.717) is 24.7 Å². The number of ether oxygens (including phenoxy) is 2. The maximum Gasteiger partial charge on any atom is 0.258 e. The van der Waals surface area contributed by atoms with Crippen molar-refractivity contribution in [1.82, 2.24) is 10.3 Å². The van der Waals surface area contributed by atoms with Crippen molar-refractivity contribution >= 4 is 11.7 Å². The molecule has 0 radical (unpaired) electrons. The minimum absolute atomic E-state index is 0.0609. The average Bonchev–Trinajstić information content (AvgIpc) is 3.23. The predicted octanol–water partition coefficient (Wildman–Crippen LogP) is 2.71. The number of anilines is 1. The standard InChI is InChI=1S/C21H24FN3O3/c1-21(2)11-14-5-3-7-17(19(14)28-21)27-13-18(26)24-15-8-10-25(12-15)20-16(22)6-4-9-23-20/h3-7,9,15H,8,10-13H2,1-2H3,(H,24,26). The summed E-state index contributed by atoms with van der Waals surface area (Å²) in [4.78, 5) is 18.3. The number of rotatable bonds is 5. The van der Waals surface area contributed by atoms with Crippen molar-refractivity contribution in [3.05, 3.63) is 47.9 Å². The van der Waals surface area contributed by atoms with Gasteiger partial charge in [0.25, 0.3) is 5.91 Å². The van der Waals surface area contributed by atoms with Crippen LogP contribution < -0.4 is 19.7 Å². The number of carbonyl (C=O) groups excluding carboxylic acids is 1. The molecule has 1 atom stereocenters. The van der Waals surface area contributed by atoms with Crippen molar-refractivity contribution < 1.29 is 18.7 Å². The van der Waals surface area contributed by atoms with Crippen LogP contribution in [0.1, 0.15) is 25.8 Å². The van der Waals surface area contributed by atoms with Gasteiger partial charge in [-0.05, 0) is 38.5 Å². The molecule has 1 fully saturated rings.